The molecule has 0 unspecified atom stereocenters. The van der Waals surface area contributed by atoms with E-state index in [0.29, 0.717) is 6.61 Å². The number of rotatable bonds is 4. The van der Waals surface area contributed by atoms with Gasteiger partial charge in [-0.1, -0.05) is 12.8 Å². The molecule has 1 aliphatic carbocycles. The van der Waals surface area contributed by atoms with Crippen molar-refractivity contribution < 1.29 is 14.3 Å². The second-order valence-electron chi connectivity index (χ2n) is 7.05. The third-order valence-corrected chi connectivity index (χ3v) is 5.81. The first kappa shape index (κ1) is 16.2. The quantitative estimate of drug-likeness (QED) is 0.856. The Bertz CT molecular complexity index is 370. The largest absolute Gasteiger partial charge is 0.381 e. The maximum Gasteiger partial charge on any atom is 0.225 e. The van der Waals surface area contributed by atoms with E-state index in [2.05, 4.69) is 17.1 Å². The summed E-state index contributed by atoms with van der Waals surface area (Å²) in [6.07, 6.45) is 6.88. The summed E-state index contributed by atoms with van der Waals surface area (Å²) in [5.74, 6) is 0.228. The topological polar surface area (TPSA) is 50.8 Å². The lowest BCUT2D eigenvalue weighted by atomic mass is 9.86. The van der Waals surface area contributed by atoms with Crippen LogP contribution < -0.4 is 5.32 Å². The van der Waals surface area contributed by atoms with Crippen LogP contribution in [-0.4, -0.2) is 61.9 Å². The van der Waals surface area contributed by atoms with Crippen molar-refractivity contribution in [1.82, 2.24) is 10.2 Å². The summed E-state index contributed by atoms with van der Waals surface area (Å²) in [5.41, 5.74) is 0.134. The summed E-state index contributed by atoms with van der Waals surface area (Å²) in [4.78, 5) is 15.1. The van der Waals surface area contributed by atoms with Gasteiger partial charge in [-0.3, -0.25) is 9.69 Å². The molecule has 5 nitrogen and oxygen atoms in total. The van der Waals surface area contributed by atoms with Gasteiger partial charge in [0.05, 0.1) is 25.7 Å². The molecule has 3 rings (SSSR count). The molecule has 1 saturated carbocycles. The fourth-order valence-electron chi connectivity index (χ4n) is 4.43. The Morgan fingerprint density at radius 2 is 1.86 bits per heavy atom. The second kappa shape index (κ2) is 7.28. The standard InChI is InChI=1S/C17H30N2O3/c1-14(18-16(20)15-5-4-10-22-13-15)17(6-2-3-7-17)19-8-11-21-12-9-19/h14-15H,2-13H2,1H3,(H,18,20)/t14-,15+/m0/s1. The molecular formula is C17H30N2O3. The van der Waals surface area contributed by atoms with E-state index >= 15 is 0 Å². The van der Waals surface area contributed by atoms with Crippen LogP contribution in [0.25, 0.3) is 0 Å². The van der Waals surface area contributed by atoms with Crippen LogP contribution in [0.1, 0.15) is 45.4 Å². The third kappa shape index (κ3) is 3.31. The summed E-state index contributed by atoms with van der Waals surface area (Å²) in [5, 5.41) is 3.33. The zero-order chi connectivity index (χ0) is 15.4. The summed E-state index contributed by atoms with van der Waals surface area (Å²) >= 11 is 0. The molecule has 126 valence electrons. The van der Waals surface area contributed by atoms with Gasteiger partial charge in [0.2, 0.25) is 5.91 Å². The van der Waals surface area contributed by atoms with Crippen LogP contribution in [0.5, 0.6) is 0 Å². The van der Waals surface area contributed by atoms with Crippen molar-refractivity contribution in [3.05, 3.63) is 0 Å². The van der Waals surface area contributed by atoms with Gasteiger partial charge >= 0.3 is 0 Å². The van der Waals surface area contributed by atoms with Gasteiger partial charge in [-0.25, -0.2) is 0 Å². The van der Waals surface area contributed by atoms with Crippen LogP contribution in [0.4, 0.5) is 0 Å². The lowest BCUT2D eigenvalue weighted by Gasteiger charge is -2.47. The minimum Gasteiger partial charge on any atom is -0.381 e. The lowest BCUT2D eigenvalue weighted by Crippen LogP contribution is -2.62. The molecule has 1 amide bonds. The molecule has 2 atom stereocenters. The van der Waals surface area contributed by atoms with Crippen molar-refractivity contribution in [2.24, 2.45) is 5.92 Å². The average molecular weight is 310 g/mol. The molecule has 1 N–H and O–H groups in total. The number of amides is 1. The summed E-state index contributed by atoms with van der Waals surface area (Å²) in [7, 11) is 0. The number of nitrogens with one attached hydrogen (secondary N) is 1. The van der Waals surface area contributed by atoms with Gasteiger partial charge in [0, 0.05) is 31.3 Å². The van der Waals surface area contributed by atoms with Gasteiger partial charge in [-0.05, 0) is 32.6 Å². The number of carbonyl (C=O) groups excluding carboxylic acids is 1. The Morgan fingerprint density at radius 3 is 2.50 bits per heavy atom. The van der Waals surface area contributed by atoms with Gasteiger partial charge in [-0.2, -0.15) is 0 Å². The summed E-state index contributed by atoms with van der Waals surface area (Å²) in [6, 6.07) is 0.197. The van der Waals surface area contributed by atoms with Crippen LogP contribution in [0.15, 0.2) is 0 Å². The molecule has 0 aromatic carbocycles. The molecule has 0 spiro atoms. The Morgan fingerprint density at radius 1 is 1.14 bits per heavy atom. The van der Waals surface area contributed by atoms with Crippen molar-refractivity contribution in [3.63, 3.8) is 0 Å². The molecule has 3 aliphatic rings. The molecule has 3 fully saturated rings. The molecule has 2 saturated heterocycles. The van der Waals surface area contributed by atoms with Crippen LogP contribution >= 0.6 is 0 Å². The van der Waals surface area contributed by atoms with Gasteiger partial charge in [-0.15, -0.1) is 0 Å². The number of morpholine rings is 1. The van der Waals surface area contributed by atoms with E-state index in [9.17, 15) is 4.79 Å². The van der Waals surface area contributed by atoms with Crippen molar-refractivity contribution in [1.29, 1.82) is 0 Å². The predicted octanol–water partition coefficient (Wildman–Crippen LogP) is 1.56. The molecule has 0 radical (unpaired) electrons. The maximum absolute atomic E-state index is 12.6. The first-order valence-corrected chi connectivity index (χ1v) is 8.93. The highest BCUT2D eigenvalue weighted by molar-refractivity contribution is 5.79. The van der Waals surface area contributed by atoms with Crippen LogP contribution in [0.3, 0.4) is 0 Å². The summed E-state index contributed by atoms with van der Waals surface area (Å²) < 4.78 is 11.0. The van der Waals surface area contributed by atoms with Crippen molar-refractivity contribution in [3.8, 4) is 0 Å². The maximum atomic E-state index is 12.6. The number of carbonyl (C=O) groups is 1. The molecule has 2 aliphatic heterocycles. The van der Waals surface area contributed by atoms with Crippen LogP contribution in [0.2, 0.25) is 0 Å². The van der Waals surface area contributed by atoms with E-state index in [1.165, 1.54) is 25.7 Å². The van der Waals surface area contributed by atoms with Crippen molar-refractivity contribution >= 4 is 5.91 Å². The Balaban J connectivity index is 1.64. The molecular weight excluding hydrogens is 280 g/mol. The first-order chi connectivity index (χ1) is 10.7. The Labute approximate surface area is 133 Å². The summed E-state index contributed by atoms with van der Waals surface area (Å²) in [6.45, 7) is 7.21. The third-order valence-electron chi connectivity index (χ3n) is 5.81. The van der Waals surface area contributed by atoms with E-state index in [1.807, 2.05) is 0 Å². The van der Waals surface area contributed by atoms with E-state index < -0.39 is 0 Å². The van der Waals surface area contributed by atoms with Gasteiger partial charge in [0.1, 0.15) is 0 Å². The molecule has 22 heavy (non-hydrogen) atoms. The monoisotopic (exact) mass is 310 g/mol. The van der Waals surface area contributed by atoms with E-state index in [1.54, 1.807) is 0 Å². The van der Waals surface area contributed by atoms with Gasteiger partial charge in [0.25, 0.3) is 0 Å². The lowest BCUT2D eigenvalue weighted by molar-refractivity contribution is -0.131. The van der Waals surface area contributed by atoms with Crippen LogP contribution in [0, 0.1) is 5.92 Å². The molecule has 0 bridgehead atoms. The van der Waals surface area contributed by atoms with Crippen molar-refractivity contribution in [2.75, 3.05) is 39.5 Å². The van der Waals surface area contributed by atoms with Crippen molar-refractivity contribution in [2.45, 2.75) is 57.0 Å². The highest BCUT2D eigenvalue weighted by Gasteiger charge is 2.45. The SMILES string of the molecule is C[C@H](NC(=O)[C@@H]1CCCOC1)C1(N2CCOCC2)CCCC1. The normalized spacial score (nSPS) is 30.9. The molecule has 2 heterocycles. The highest BCUT2D eigenvalue weighted by Crippen LogP contribution is 2.38. The van der Waals surface area contributed by atoms with E-state index in [0.717, 1.165) is 45.8 Å². The minimum absolute atomic E-state index is 0.0411. The van der Waals surface area contributed by atoms with E-state index in [-0.39, 0.29) is 23.4 Å². The fraction of sp³-hybridized carbons (Fsp3) is 0.941. The number of ether oxygens (including phenoxy) is 2. The van der Waals surface area contributed by atoms with Gasteiger partial charge in [0.15, 0.2) is 0 Å². The minimum atomic E-state index is 0.0411. The van der Waals surface area contributed by atoms with Gasteiger partial charge < -0.3 is 14.8 Å². The zero-order valence-corrected chi connectivity index (χ0v) is 13.8. The Hall–Kier alpha value is -0.650. The first-order valence-electron chi connectivity index (χ1n) is 8.93. The van der Waals surface area contributed by atoms with E-state index in [4.69, 9.17) is 9.47 Å². The fourth-order valence-corrected chi connectivity index (χ4v) is 4.43. The average Bonchev–Trinajstić information content (AvgIpc) is 3.07. The molecule has 0 aromatic rings. The zero-order valence-electron chi connectivity index (χ0n) is 13.8. The number of hydrogen-bond donors (Lipinski definition) is 1. The smallest absolute Gasteiger partial charge is 0.225 e. The number of nitrogens with zero attached hydrogens (tertiary/aromatic N) is 1. The molecule has 0 aromatic heterocycles. The highest BCUT2D eigenvalue weighted by atomic mass is 16.5. The molecule has 5 heteroatoms. The Kier molecular flexibility index (Phi) is 5.37. The second-order valence-corrected chi connectivity index (χ2v) is 7.05. The predicted molar refractivity (Wildman–Crippen MR) is 84.7 cm³/mol. The van der Waals surface area contributed by atoms with Crippen LogP contribution in [-0.2, 0) is 14.3 Å². The number of hydrogen-bond acceptors (Lipinski definition) is 4.